The zero-order valence-electron chi connectivity index (χ0n) is 12.4. The van der Waals surface area contributed by atoms with E-state index >= 15 is 0 Å². The Labute approximate surface area is 143 Å². The summed E-state index contributed by atoms with van der Waals surface area (Å²) in [6, 6.07) is 6.17. The fourth-order valence-corrected chi connectivity index (χ4v) is 3.84. The SMILES string of the molecule is CCCNC(c1cc(Br)c(C)cc1OC)c1sccc1Cl. The number of hydrogen-bond donors (Lipinski definition) is 1. The van der Waals surface area contributed by atoms with E-state index in [0.29, 0.717) is 0 Å². The predicted molar refractivity (Wildman–Crippen MR) is 94.9 cm³/mol. The highest BCUT2D eigenvalue weighted by molar-refractivity contribution is 9.10. The minimum Gasteiger partial charge on any atom is -0.496 e. The van der Waals surface area contributed by atoms with Gasteiger partial charge in [-0.15, -0.1) is 11.3 Å². The Morgan fingerprint density at radius 1 is 1.43 bits per heavy atom. The lowest BCUT2D eigenvalue weighted by molar-refractivity contribution is 0.403. The van der Waals surface area contributed by atoms with Crippen molar-refractivity contribution in [3.63, 3.8) is 0 Å². The van der Waals surface area contributed by atoms with Gasteiger partial charge >= 0.3 is 0 Å². The van der Waals surface area contributed by atoms with E-state index in [2.05, 4.69) is 47.2 Å². The largest absolute Gasteiger partial charge is 0.496 e. The molecule has 0 saturated carbocycles. The molecular formula is C16H19BrClNOS. The summed E-state index contributed by atoms with van der Waals surface area (Å²) >= 11 is 11.6. The third-order valence-electron chi connectivity index (χ3n) is 3.33. The Morgan fingerprint density at radius 3 is 2.76 bits per heavy atom. The summed E-state index contributed by atoms with van der Waals surface area (Å²) in [4.78, 5) is 1.12. The van der Waals surface area contributed by atoms with Crippen LogP contribution in [0.3, 0.4) is 0 Å². The molecule has 0 aliphatic carbocycles. The molecule has 0 bridgehead atoms. The molecule has 114 valence electrons. The molecule has 2 rings (SSSR count). The molecular weight excluding hydrogens is 370 g/mol. The molecule has 0 radical (unpaired) electrons. The first-order valence-corrected chi connectivity index (χ1v) is 8.93. The van der Waals surface area contributed by atoms with Gasteiger partial charge in [0.05, 0.1) is 18.2 Å². The van der Waals surface area contributed by atoms with Gasteiger partial charge in [0.25, 0.3) is 0 Å². The zero-order chi connectivity index (χ0) is 15.4. The second-order valence-electron chi connectivity index (χ2n) is 4.86. The van der Waals surface area contributed by atoms with E-state index in [0.717, 1.165) is 44.2 Å². The fraction of sp³-hybridized carbons (Fsp3) is 0.375. The van der Waals surface area contributed by atoms with Crippen LogP contribution in [-0.4, -0.2) is 13.7 Å². The van der Waals surface area contributed by atoms with Crippen molar-refractivity contribution in [2.45, 2.75) is 26.3 Å². The van der Waals surface area contributed by atoms with E-state index in [1.54, 1.807) is 18.4 Å². The fourth-order valence-electron chi connectivity index (χ4n) is 2.22. The Bertz CT molecular complexity index is 614. The minimum absolute atomic E-state index is 0.0456. The molecule has 2 nitrogen and oxygen atoms in total. The van der Waals surface area contributed by atoms with E-state index in [9.17, 15) is 0 Å². The zero-order valence-corrected chi connectivity index (χ0v) is 15.5. The summed E-state index contributed by atoms with van der Waals surface area (Å²) in [6.45, 7) is 5.14. The van der Waals surface area contributed by atoms with Crippen LogP contribution in [0.1, 0.15) is 35.4 Å². The van der Waals surface area contributed by atoms with E-state index < -0.39 is 0 Å². The molecule has 1 N–H and O–H groups in total. The Kier molecular flexibility index (Phi) is 6.11. The highest BCUT2D eigenvalue weighted by atomic mass is 79.9. The molecule has 1 unspecified atom stereocenters. The standard InChI is InChI=1S/C16H19BrClNOS/c1-4-6-19-15(16-13(18)5-7-21-16)11-9-12(17)10(2)8-14(11)20-3/h5,7-9,15,19H,4,6H2,1-3H3. The van der Waals surface area contributed by atoms with Gasteiger partial charge in [-0.05, 0) is 49.0 Å². The number of benzene rings is 1. The first-order valence-electron chi connectivity index (χ1n) is 6.88. The van der Waals surface area contributed by atoms with Crippen LogP contribution < -0.4 is 10.1 Å². The first-order chi connectivity index (χ1) is 10.1. The summed E-state index contributed by atoms with van der Waals surface area (Å²) in [5, 5.41) is 6.40. The molecule has 1 atom stereocenters. The number of ether oxygens (including phenoxy) is 1. The summed E-state index contributed by atoms with van der Waals surface area (Å²) in [7, 11) is 1.71. The highest BCUT2D eigenvalue weighted by Gasteiger charge is 2.22. The Balaban J connectivity index is 2.51. The highest BCUT2D eigenvalue weighted by Crippen LogP contribution is 2.39. The first kappa shape index (κ1) is 16.8. The molecule has 1 aromatic carbocycles. The molecule has 5 heteroatoms. The predicted octanol–water partition coefficient (Wildman–Crippen LogP) is 5.57. The van der Waals surface area contributed by atoms with Crippen LogP contribution >= 0.6 is 38.9 Å². The summed E-state index contributed by atoms with van der Waals surface area (Å²) in [5.41, 5.74) is 2.26. The summed E-state index contributed by atoms with van der Waals surface area (Å²) in [5.74, 6) is 0.883. The van der Waals surface area contributed by atoms with E-state index in [-0.39, 0.29) is 6.04 Å². The van der Waals surface area contributed by atoms with Gasteiger partial charge in [0.1, 0.15) is 5.75 Å². The lowest BCUT2D eigenvalue weighted by atomic mass is 10.0. The van der Waals surface area contributed by atoms with Crippen LogP contribution in [-0.2, 0) is 0 Å². The lowest BCUT2D eigenvalue weighted by Crippen LogP contribution is -2.23. The molecule has 0 saturated heterocycles. The van der Waals surface area contributed by atoms with Crippen molar-refractivity contribution < 1.29 is 4.74 Å². The molecule has 21 heavy (non-hydrogen) atoms. The molecule has 1 heterocycles. The second-order valence-corrected chi connectivity index (χ2v) is 7.07. The van der Waals surface area contributed by atoms with Gasteiger partial charge in [0.15, 0.2) is 0 Å². The summed E-state index contributed by atoms with van der Waals surface area (Å²) < 4.78 is 6.66. The van der Waals surface area contributed by atoms with Crippen molar-refractivity contribution in [3.8, 4) is 5.75 Å². The number of halogens is 2. The van der Waals surface area contributed by atoms with Crippen LogP contribution in [0.15, 0.2) is 28.1 Å². The van der Waals surface area contributed by atoms with Crippen molar-refractivity contribution >= 4 is 38.9 Å². The number of methoxy groups -OCH3 is 1. The number of rotatable bonds is 6. The maximum atomic E-state index is 6.35. The number of thiophene rings is 1. The normalized spacial score (nSPS) is 12.4. The topological polar surface area (TPSA) is 21.3 Å². The van der Waals surface area contributed by atoms with Gasteiger partial charge in [-0.3, -0.25) is 0 Å². The van der Waals surface area contributed by atoms with Crippen molar-refractivity contribution in [2.75, 3.05) is 13.7 Å². The van der Waals surface area contributed by atoms with Crippen molar-refractivity contribution in [1.82, 2.24) is 5.32 Å². The van der Waals surface area contributed by atoms with Crippen molar-refractivity contribution in [2.24, 2.45) is 0 Å². The molecule has 0 fully saturated rings. The van der Waals surface area contributed by atoms with Gasteiger partial charge in [-0.25, -0.2) is 0 Å². The monoisotopic (exact) mass is 387 g/mol. The maximum absolute atomic E-state index is 6.35. The lowest BCUT2D eigenvalue weighted by Gasteiger charge is -2.22. The molecule has 0 amide bonds. The second kappa shape index (κ2) is 7.63. The van der Waals surface area contributed by atoms with Crippen molar-refractivity contribution in [3.05, 3.63) is 49.1 Å². The number of nitrogens with one attached hydrogen (secondary N) is 1. The van der Waals surface area contributed by atoms with E-state index in [1.807, 2.05) is 11.4 Å². The van der Waals surface area contributed by atoms with Crippen LogP contribution in [0.4, 0.5) is 0 Å². The minimum atomic E-state index is 0.0456. The third-order valence-corrected chi connectivity index (χ3v) is 5.61. The Morgan fingerprint density at radius 2 is 2.19 bits per heavy atom. The molecule has 0 aliphatic heterocycles. The van der Waals surface area contributed by atoms with Crippen molar-refractivity contribution in [1.29, 1.82) is 0 Å². The molecule has 0 spiro atoms. The number of aryl methyl sites for hydroxylation is 1. The Hall–Kier alpha value is -0.550. The quantitative estimate of drug-likeness (QED) is 0.698. The van der Waals surface area contributed by atoms with Gasteiger partial charge in [0.2, 0.25) is 0 Å². The third kappa shape index (κ3) is 3.81. The summed E-state index contributed by atoms with van der Waals surface area (Å²) in [6.07, 6.45) is 1.06. The number of hydrogen-bond acceptors (Lipinski definition) is 3. The average Bonchev–Trinajstić information content (AvgIpc) is 2.89. The van der Waals surface area contributed by atoms with Gasteiger partial charge in [-0.2, -0.15) is 0 Å². The van der Waals surface area contributed by atoms with Gasteiger partial charge < -0.3 is 10.1 Å². The van der Waals surface area contributed by atoms with E-state index in [1.165, 1.54) is 0 Å². The van der Waals surface area contributed by atoms with Crippen LogP contribution in [0.2, 0.25) is 5.02 Å². The van der Waals surface area contributed by atoms with Crippen LogP contribution in [0, 0.1) is 6.92 Å². The van der Waals surface area contributed by atoms with Gasteiger partial charge in [-0.1, -0.05) is 34.5 Å². The average molecular weight is 389 g/mol. The smallest absolute Gasteiger partial charge is 0.124 e. The van der Waals surface area contributed by atoms with Gasteiger partial charge in [0, 0.05) is 14.9 Å². The van der Waals surface area contributed by atoms with E-state index in [4.69, 9.17) is 16.3 Å². The molecule has 1 aromatic heterocycles. The van der Waals surface area contributed by atoms with Crippen LogP contribution in [0.25, 0.3) is 0 Å². The molecule has 2 aromatic rings. The van der Waals surface area contributed by atoms with Crippen LogP contribution in [0.5, 0.6) is 5.75 Å². The maximum Gasteiger partial charge on any atom is 0.124 e. The molecule has 0 aliphatic rings.